The van der Waals surface area contributed by atoms with E-state index in [9.17, 15) is 0 Å². The maximum absolute atomic E-state index is 6.51. The van der Waals surface area contributed by atoms with Crippen LogP contribution >= 0.6 is 0 Å². The van der Waals surface area contributed by atoms with Gasteiger partial charge >= 0.3 is 0 Å². The molecule has 0 atom stereocenters. The highest BCUT2D eigenvalue weighted by Gasteiger charge is 2.14. The number of allylic oxidation sites excluding steroid dienone is 3. The maximum Gasteiger partial charge on any atom is 0.0576 e. The van der Waals surface area contributed by atoms with Crippen LogP contribution in [0.4, 0.5) is 22.7 Å². The molecule has 0 saturated carbocycles. The number of hydrazine groups is 1. The Balaban J connectivity index is 0.00000361. The van der Waals surface area contributed by atoms with Crippen molar-refractivity contribution in [3.63, 3.8) is 0 Å². The van der Waals surface area contributed by atoms with E-state index in [-0.39, 0.29) is 7.43 Å². The van der Waals surface area contributed by atoms with Crippen LogP contribution in [-0.4, -0.2) is 0 Å². The Hall–Kier alpha value is -4.08. The van der Waals surface area contributed by atoms with Crippen LogP contribution in [0.3, 0.4) is 0 Å². The van der Waals surface area contributed by atoms with Crippen LogP contribution in [-0.2, 0) is 0 Å². The van der Waals surface area contributed by atoms with E-state index < -0.39 is 0 Å². The molecule has 184 valence electrons. The summed E-state index contributed by atoms with van der Waals surface area (Å²) >= 11 is 0. The van der Waals surface area contributed by atoms with Crippen molar-refractivity contribution in [2.75, 3.05) is 9.91 Å². The van der Waals surface area contributed by atoms with Crippen molar-refractivity contribution in [2.24, 2.45) is 11.8 Å². The lowest BCUT2D eigenvalue weighted by atomic mass is 10.1. The van der Waals surface area contributed by atoms with E-state index in [0.29, 0.717) is 5.92 Å². The molecule has 0 fully saturated rings. The Morgan fingerprint density at radius 1 is 0.639 bits per heavy atom. The average Bonchev–Trinajstić information content (AvgIpc) is 2.90. The molecule has 4 aromatic rings. The highest BCUT2D eigenvalue weighted by molar-refractivity contribution is 5.74. The Bertz CT molecular complexity index is 1260. The zero-order chi connectivity index (χ0) is 24.6. The van der Waals surface area contributed by atoms with Gasteiger partial charge in [-0.2, -0.15) is 0 Å². The van der Waals surface area contributed by atoms with E-state index in [2.05, 4.69) is 141 Å². The molecule has 4 rings (SSSR count). The van der Waals surface area contributed by atoms with Gasteiger partial charge in [-0.05, 0) is 78.6 Å². The van der Waals surface area contributed by atoms with Crippen molar-refractivity contribution >= 4 is 22.7 Å². The maximum atomic E-state index is 6.51. The van der Waals surface area contributed by atoms with Crippen molar-refractivity contribution in [2.45, 2.75) is 28.2 Å². The quantitative estimate of drug-likeness (QED) is 0.157. The first-order valence-electron chi connectivity index (χ1n) is 12.1. The number of nitrogens with zero attached hydrogens (tertiary/aromatic N) is 2. The number of anilines is 4. The average molecular weight is 476 g/mol. The second-order valence-corrected chi connectivity index (χ2v) is 8.81. The monoisotopic (exact) mass is 475 g/mol. The van der Waals surface area contributed by atoms with Crippen LogP contribution < -0.4 is 15.8 Å². The molecule has 0 unspecified atom stereocenters. The Morgan fingerprint density at radius 3 is 1.61 bits per heavy atom. The van der Waals surface area contributed by atoms with Crippen LogP contribution in [0.1, 0.15) is 28.2 Å². The first kappa shape index (κ1) is 26.5. The Kier molecular flexibility index (Phi) is 9.26. The van der Waals surface area contributed by atoms with Crippen molar-refractivity contribution in [3.8, 4) is 11.1 Å². The first-order chi connectivity index (χ1) is 17.1. The summed E-state index contributed by atoms with van der Waals surface area (Å²) in [5.41, 5.74) is 7.57. The predicted molar refractivity (Wildman–Crippen MR) is 158 cm³/mol. The van der Waals surface area contributed by atoms with Gasteiger partial charge in [0.2, 0.25) is 0 Å². The van der Waals surface area contributed by atoms with Crippen molar-refractivity contribution < 1.29 is 0 Å². The Labute approximate surface area is 216 Å². The van der Waals surface area contributed by atoms with Crippen LogP contribution in [0, 0.1) is 5.92 Å². The van der Waals surface area contributed by atoms with Gasteiger partial charge in [-0.15, -0.1) is 0 Å². The van der Waals surface area contributed by atoms with Gasteiger partial charge in [0.1, 0.15) is 0 Å². The lowest BCUT2D eigenvalue weighted by Gasteiger charge is -2.28. The summed E-state index contributed by atoms with van der Waals surface area (Å²) in [6.07, 6.45) is 6.52. The van der Waals surface area contributed by atoms with Gasteiger partial charge in [0.25, 0.3) is 0 Å². The minimum Gasteiger partial charge on any atom is -0.311 e. The molecule has 0 amide bonds. The third-order valence-corrected chi connectivity index (χ3v) is 5.75. The smallest absolute Gasteiger partial charge is 0.0576 e. The fourth-order valence-corrected chi connectivity index (χ4v) is 4.10. The zero-order valence-electron chi connectivity index (χ0n) is 20.7. The number of hydrogen-bond donors (Lipinski definition) is 1. The third kappa shape index (κ3) is 6.32. The van der Waals surface area contributed by atoms with Crippen molar-refractivity contribution in [1.29, 1.82) is 0 Å². The molecule has 0 radical (unpaired) electrons. The molecule has 0 aliphatic rings. The van der Waals surface area contributed by atoms with Crippen LogP contribution in [0.5, 0.6) is 0 Å². The lowest BCUT2D eigenvalue weighted by molar-refractivity contribution is 0.821. The molecule has 4 aromatic carbocycles. The minimum absolute atomic E-state index is 0. The molecule has 0 aliphatic heterocycles. The molecular weight excluding hydrogens is 438 g/mol. The number of benzene rings is 4. The second kappa shape index (κ2) is 12.6. The fourth-order valence-electron chi connectivity index (χ4n) is 4.10. The standard InChI is InChI=1S/C32H33N3.CH4/c1-4-11-32(24-25(2)3)34(28-14-9-6-10-15-28)29-20-22-31(23-21-29)35(33)30-18-16-27(17-19-30)26-12-7-5-8-13-26;/h4-25H,33H2,1-3H3;1H4/b11-4-,32-24+;. The van der Waals surface area contributed by atoms with Crippen LogP contribution in [0.15, 0.2) is 133 Å². The largest absolute Gasteiger partial charge is 0.311 e. The normalized spacial score (nSPS) is 11.4. The van der Waals surface area contributed by atoms with Crippen molar-refractivity contribution in [1.82, 2.24) is 0 Å². The second-order valence-electron chi connectivity index (χ2n) is 8.81. The van der Waals surface area contributed by atoms with Gasteiger partial charge in [0.05, 0.1) is 11.4 Å². The zero-order valence-corrected chi connectivity index (χ0v) is 20.7. The summed E-state index contributed by atoms with van der Waals surface area (Å²) < 4.78 is 0. The molecule has 3 nitrogen and oxygen atoms in total. The molecule has 0 heterocycles. The molecular formula is C33H37N3. The van der Waals surface area contributed by atoms with E-state index >= 15 is 0 Å². The predicted octanol–water partition coefficient (Wildman–Crippen LogP) is 9.26. The number of para-hydroxylation sites is 1. The Morgan fingerprint density at radius 2 is 1.08 bits per heavy atom. The molecule has 0 aromatic heterocycles. The SMILES string of the molecule is C.C/C=C\C(=C/C(C)C)N(c1ccccc1)c1ccc(N(N)c2ccc(-c3ccccc3)cc2)cc1. The lowest BCUT2D eigenvalue weighted by Crippen LogP contribution is -2.25. The number of rotatable bonds is 8. The molecule has 0 aliphatic carbocycles. The number of hydrogen-bond acceptors (Lipinski definition) is 3. The van der Waals surface area contributed by atoms with Gasteiger partial charge in [-0.25, -0.2) is 5.84 Å². The summed E-state index contributed by atoms with van der Waals surface area (Å²) in [6.45, 7) is 6.45. The van der Waals surface area contributed by atoms with E-state index in [4.69, 9.17) is 5.84 Å². The first-order valence-corrected chi connectivity index (χ1v) is 12.1. The molecule has 0 spiro atoms. The van der Waals surface area contributed by atoms with Gasteiger partial charge in [-0.3, -0.25) is 5.01 Å². The van der Waals surface area contributed by atoms with Gasteiger partial charge < -0.3 is 4.90 Å². The van der Waals surface area contributed by atoms with E-state index in [0.717, 1.165) is 28.4 Å². The van der Waals surface area contributed by atoms with Gasteiger partial charge in [0.15, 0.2) is 0 Å². The van der Waals surface area contributed by atoms with E-state index in [1.54, 1.807) is 5.01 Å². The molecule has 36 heavy (non-hydrogen) atoms. The fraction of sp³-hybridized carbons (Fsp3) is 0.152. The summed E-state index contributed by atoms with van der Waals surface area (Å²) in [5.74, 6) is 6.93. The summed E-state index contributed by atoms with van der Waals surface area (Å²) in [5, 5.41) is 1.72. The summed E-state index contributed by atoms with van der Waals surface area (Å²) in [6, 6.07) is 37.5. The molecule has 0 bridgehead atoms. The summed E-state index contributed by atoms with van der Waals surface area (Å²) in [7, 11) is 0. The van der Waals surface area contributed by atoms with Gasteiger partial charge in [0, 0.05) is 17.1 Å². The molecule has 3 heteroatoms. The van der Waals surface area contributed by atoms with Crippen molar-refractivity contribution in [3.05, 3.63) is 133 Å². The van der Waals surface area contributed by atoms with E-state index in [1.807, 2.05) is 12.1 Å². The molecule has 2 N–H and O–H groups in total. The minimum atomic E-state index is 0. The topological polar surface area (TPSA) is 32.5 Å². The number of nitrogens with two attached hydrogens (primary N) is 1. The van der Waals surface area contributed by atoms with Crippen LogP contribution in [0.25, 0.3) is 11.1 Å². The highest BCUT2D eigenvalue weighted by atomic mass is 15.4. The summed E-state index contributed by atoms with van der Waals surface area (Å²) in [4.78, 5) is 2.28. The molecule has 0 saturated heterocycles. The van der Waals surface area contributed by atoms with E-state index in [1.165, 1.54) is 11.1 Å². The third-order valence-electron chi connectivity index (χ3n) is 5.75. The van der Waals surface area contributed by atoms with Crippen LogP contribution in [0.2, 0.25) is 0 Å². The highest BCUT2D eigenvalue weighted by Crippen LogP contribution is 2.33. The van der Waals surface area contributed by atoms with Gasteiger partial charge in [-0.1, -0.05) is 94.1 Å².